The third kappa shape index (κ3) is 3.93. The first kappa shape index (κ1) is 24.6. The molecule has 3 nitrogen and oxygen atoms in total. The Bertz CT molecular complexity index is 2160. The molecule has 42 heavy (non-hydrogen) atoms. The van der Waals surface area contributed by atoms with Crippen LogP contribution in [0.5, 0.6) is 0 Å². The van der Waals surface area contributed by atoms with Crippen molar-refractivity contribution in [1.29, 1.82) is 0 Å². The molecule has 0 radical (unpaired) electrons. The molecule has 0 unspecified atom stereocenters. The number of para-hydroxylation sites is 1. The van der Waals surface area contributed by atoms with E-state index in [4.69, 9.17) is 4.99 Å². The zero-order chi connectivity index (χ0) is 28.0. The number of nitrogens with zero attached hydrogens (tertiary/aromatic N) is 3. The maximum absolute atomic E-state index is 4.90. The summed E-state index contributed by atoms with van der Waals surface area (Å²) >= 11 is 0. The molecule has 4 aromatic carbocycles. The Labute approximate surface area is 245 Å². The van der Waals surface area contributed by atoms with Crippen LogP contribution in [0.2, 0.25) is 0 Å². The van der Waals surface area contributed by atoms with Crippen molar-refractivity contribution in [3.8, 4) is 28.1 Å². The van der Waals surface area contributed by atoms with Crippen LogP contribution in [0.3, 0.4) is 0 Å². The largest absolute Gasteiger partial charge is 0.313 e. The van der Waals surface area contributed by atoms with Gasteiger partial charge in [0.25, 0.3) is 0 Å². The number of hydrogen-bond acceptors (Lipinski definition) is 1. The number of aromatic nitrogens is 2. The van der Waals surface area contributed by atoms with Gasteiger partial charge in [0.2, 0.25) is 0 Å². The maximum Gasteiger partial charge on any atom is 0.0987 e. The fraction of sp³-hybridized carbons (Fsp3) is 0.103. The lowest BCUT2D eigenvalue weighted by Gasteiger charge is -2.17. The predicted octanol–water partition coefficient (Wildman–Crippen LogP) is 8.23. The van der Waals surface area contributed by atoms with E-state index in [1.807, 2.05) is 6.20 Å². The molecular formula is C39H31N3. The molecule has 8 rings (SSSR count). The Kier molecular flexibility index (Phi) is 5.89. The van der Waals surface area contributed by atoms with Crippen LogP contribution in [0.25, 0.3) is 50.9 Å². The topological polar surface area (TPSA) is 22.2 Å². The molecule has 0 N–H and O–H groups in total. The Morgan fingerprint density at radius 2 is 1.50 bits per heavy atom. The van der Waals surface area contributed by atoms with Gasteiger partial charge in [-0.3, -0.25) is 4.99 Å². The Morgan fingerprint density at radius 1 is 0.738 bits per heavy atom. The molecule has 3 heteroatoms. The first-order valence-corrected chi connectivity index (χ1v) is 14.8. The van der Waals surface area contributed by atoms with Gasteiger partial charge < -0.3 is 9.13 Å². The molecule has 1 aliphatic heterocycles. The number of hydrogen-bond donors (Lipinski definition) is 0. The van der Waals surface area contributed by atoms with Gasteiger partial charge in [0.1, 0.15) is 0 Å². The van der Waals surface area contributed by atoms with Gasteiger partial charge in [-0.05, 0) is 67.2 Å². The monoisotopic (exact) mass is 541 g/mol. The van der Waals surface area contributed by atoms with E-state index in [9.17, 15) is 0 Å². The van der Waals surface area contributed by atoms with E-state index in [1.165, 1.54) is 66.8 Å². The summed E-state index contributed by atoms with van der Waals surface area (Å²) in [7, 11) is 0. The van der Waals surface area contributed by atoms with E-state index < -0.39 is 0 Å². The van der Waals surface area contributed by atoms with Gasteiger partial charge in [-0.15, -0.1) is 0 Å². The van der Waals surface area contributed by atoms with Gasteiger partial charge >= 0.3 is 0 Å². The highest BCUT2D eigenvalue weighted by Crippen LogP contribution is 2.41. The van der Waals surface area contributed by atoms with Gasteiger partial charge in [0.15, 0.2) is 0 Å². The van der Waals surface area contributed by atoms with Crippen molar-refractivity contribution in [2.75, 3.05) is 0 Å². The quantitative estimate of drug-likeness (QED) is 0.203. The first-order valence-electron chi connectivity index (χ1n) is 14.8. The molecule has 202 valence electrons. The first-order chi connectivity index (χ1) is 20.8. The molecule has 6 aromatic rings. The minimum Gasteiger partial charge on any atom is -0.313 e. The van der Waals surface area contributed by atoms with Crippen LogP contribution in [-0.4, -0.2) is 9.13 Å². The average molecular weight is 542 g/mol. The number of fused-ring (bicyclic) bond motifs is 2. The van der Waals surface area contributed by atoms with Crippen molar-refractivity contribution in [3.05, 3.63) is 155 Å². The Morgan fingerprint density at radius 3 is 2.26 bits per heavy atom. The van der Waals surface area contributed by atoms with Crippen molar-refractivity contribution in [3.63, 3.8) is 0 Å². The molecule has 3 heterocycles. The summed E-state index contributed by atoms with van der Waals surface area (Å²) in [5, 5.41) is 3.54. The minimum absolute atomic E-state index is 0.909. The van der Waals surface area contributed by atoms with E-state index in [0.29, 0.717) is 0 Å². The molecule has 1 aliphatic carbocycles. The number of benzene rings is 4. The van der Waals surface area contributed by atoms with Crippen LogP contribution >= 0.6 is 0 Å². The molecule has 2 aromatic heterocycles. The molecule has 0 bridgehead atoms. The SMILES string of the molecule is Cc1c(-c2c(-c3ccccc3)n(C3=CC=CCC3)c3c2=NC=3)c2ccccc2n1-c1cccc(Cc2ccccc2)c1. The summed E-state index contributed by atoms with van der Waals surface area (Å²) in [5.74, 6) is 0. The fourth-order valence-corrected chi connectivity index (χ4v) is 6.72. The standard InChI is InChI=1S/C39H31N3/c1-27-36(37-38-35(26-40-38)42(31-19-9-4-10-20-31)39(37)30-17-7-3-8-18-30)33-22-11-12-23-34(33)41(27)32-21-13-16-29(25-32)24-28-14-5-2-6-15-28/h2-9,11-19,21-23,25-26H,10,20,24H2,1H3. The summed E-state index contributed by atoms with van der Waals surface area (Å²) in [6.45, 7) is 2.27. The van der Waals surface area contributed by atoms with Crippen LogP contribution < -0.4 is 10.7 Å². The van der Waals surface area contributed by atoms with Crippen molar-refractivity contribution < 1.29 is 0 Å². The Balaban J connectivity index is 1.38. The van der Waals surface area contributed by atoms with Crippen molar-refractivity contribution in [1.82, 2.24) is 9.13 Å². The summed E-state index contributed by atoms with van der Waals surface area (Å²) in [5.41, 5.74) is 12.5. The van der Waals surface area contributed by atoms with Crippen LogP contribution in [0.1, 0.15) is 29.7 Å². The van der Waals surface area contributed by atoms with E-state index in [2.05, 4.69) is 143 Å². The highest BCUT2D eigenvalue weighted by molar-refractivity contribution is 6.03. The van der Waals surface area contributed by atoms with E-state index in [-0.39, 0.29) is 0 Å². The fourth-order valence-electron chi connectivity index (χ4n) is 6.72. The minimum atomic E-state index is 0.909. The maximum atomic E-state index is 4.90. The van der Waals surface area contributed by atoms with Gasteiger partial charge in [-0.2, -0.15) is 0 Å². The van der Waals surface area contributed by atoms with Crippen molar-refractivity contribution in [2.24, 2.45) is 4.99 Å². The highest BCUT2D eigenvalue weighted by Gasteiger charge is 2.28. The lowest BCUT2D eigenvalue weighted by molar-refractivity contribution is 0.919. The number of rotatable bonds is 6. The summed E-state index contributed by atoms with van der Waals surface area (Å²) in [6, 6.07) is 39.4. The summed E-state index contributed by atoms with van der Waals surface area (Å²) in [4.78, 5) is 4.90. The van der Waals surface area contributed by atoms with Crippen molar-refractivity contribution in [2.45, 2.75) is 26.2 Å². The van der Waals surface area contributed by atoms with Crippen LogP contribution in [0.4, 0.5) is 0 Å². The van der Waals surface area contributed by atoms with Crippen LogP contribution in [0, 0.1) is 6.92 Å². The van der Waals surface area contributed by atoms with Crippen molar-refractivity contribution >= 4 is 22.8 Å². The lowest BCUT2D eigenvalue weighted by atomic mass is 9.97. The smallest absolute Gasteiger partial charge is 0.0987 e. The van der Waals surface area contributed by atoms with Crippen LogP contribution in [0.15, 0.2) is 132 Å². The zero-order valence-electron chi connectivity index (χ0n) is 23.7. The molecule has 0 fully saturated rings. The normalized spacial score (nSPS) is 13.7. The van der Waals surface area contributed by atoms with Crippen LogP contribution in [-0.2, 0) is 6.42 Å². The summed E-state index contributed by atoms with van der Waals surface area (Å²) < 4.78 is 4.89. The highest BCUT2D eigenvalue weighted by atomic mass is 15.0. The molecule has 0 atom stereocenters. The molecule has 2 aliphatic rings. The third-order valence-corrected chi connectivity index (χ3v) is 8.60. The second-order valence-electron chi connectivity index (χ2n) is 11.2. The van der Waals surface area contributed by atoms with Gasteiger partial charge in [-0.1, -0.05) is 103 Å². The van der Waals surface area contributed by atoms with Gasteiger partial charge in [-0.25, -0.2) is 0 Å². The summed E-state index contributed by atoms with van der Waals surface area (Å²) in [6.07, 6.45) is 11.7. The molecule has 0 saturated carbocycles. The lowest BCUT2D eigenvalue weighted by Crippen LogP contribution is -2.35. The molecule has 0 saturated heterocycles. The second-order valence-corrected chi connectivity index (χ2v) is 11.2. The molecule has 0 spiro atoms. The average Bonchev–Trinajstić information content (AvgIpc) is 3.44. The number of allylic oxidation sites excluding steroid dienone is 4. The second kappa shape index (κ2) is 10.0. The predicted molar refractivity (Wildman–Crippen MR) is 174 cm³/mol. The Hall–Kier alpha value is -5.15. The zero-order valence-corrected chi connectivity index (χ0v) is 23.7. The van der Waals surface area contributed by atoms with E-state index >= 15 is 0 Å². The molecular weight excluding hydrogens is 510 g/mol. The van der Waals surface area contributed by atoms with E-state index in [1.54, 1.807) is 0 Å². The third-order valence-electron chi connectivity index (χ3n) is 8.60. The van der Waals surface area contributed by atoms with Gasteiger partial charge in [0, 0.05) is 33.6 Å². The van der Waals surface area contributed by atoms with E-state index in [0.717, 1.165) is 24.6 Å². The van der Waals surface area contributed by atoms with Gasteiger partial charge in [0.05, 0.1) is 28.1 Å². The molecule has 0 amide bonds.